The number of likely N-dealkylation sites (tertiary alicyclic amines) is 1. The van der Waals surface area contributed by atoms with Crippen LogP contribution in [0.4, 0.5) is 4.39 Å². The molecule has 1 aliphatic rings. The van der Waals surface area contributed by atoms with Gasteiger partial charge in [-0.1, -0.05) is 36.4 Å². The van der Waals surface area contributed by atoms with Gasteiger partial charge in [-0.05, 0) is 65.6 Å². The van der Waals surface area contributed by atoms with Crippen molar-refractivity contribution in [3.63, 3.8) is 0 Å². The highest BCUT2D eigenvalue weighted by Crippen LogP contribution is 2.24. The summed E-state index contributed by atoms with van der Waals surface area (Å²) in [5.74, 6) is 0.360. The van der Waals surface area contributed by atoms with Gasteiger partial charge in [-0.3, -0.25) is 9.59 Å². The number of pyridine rings is 1. The van der Waals surface area contributed by atoms with E-state index < -0.39 is 0 Å². The minimum Gasteiger partial charge on any atom is -0.439 e. The van der Waals surface area contributed by atoms with Crippen LogP contribution in [0.2, 0.25) is 0 Å². The normalized spacial score (nSPS) is 14.0. The highest BCUT2D eigenvalue weighted by atomic mass is 19.1. The summed E-state index contributed by atoms with van der Waals surface area (Å²) in [7, 11) is 0. The van der Waals surface area contributed by atoms with Crippen molar-refractivity contribution in [2.45, 2.75) is 19.4 Å². The Morgan fingerprint density at radius 3 is 2.53 bits per heavy atom. The molecular formula is C29H26FN3O3. The number of hydrogen-bond donors (Lipinski definition) is 1. The average molecular weight is 484 g/mol. The number of hydrogen-bond acceptors (Lipinski definition) is 4. The highest BCUT2D eigenvalue weighted by Gasteiger charge is 2.28. The maximum absolute atomic E-state index is 13.2. The van der Waals surface area contributed by atoms with Crippen LogP contribution in [0.3, 0.4) is 0 Å². The molecule has 2 heterocycles. The number of nitrogens with zero attached hydrogens (tertiary/aromatic N) is 2. The molecule has 0 spiro atoms. The minimum absolute atomic E-state index is 0.0103. The van der Waals surface area contributed by atoms with Crippen LogP contribution in [0.15, 0.2) is 85.1 Å². The van der Waals surface area contributed by atoms with Gasteiger partial charge in [0.15, 0.2) is 0 Å². The number of carbonyl (C=O) groups is 2. The maximum Gasteiger partial charge on any atom is 0.254 e. The molecule has 7 heteroatoms. The third-order valence-corrected chi connectivity index (χ3v) is 6.48. The first-order valence-corrected chi connectivity index (χ1v) is 12.0. The molecule has 1 aromatic heterocycles. The summed E-state index contributed by atoms with van der Waals surface area (Å²) >= 11 is 0. The molecule has 0 unspecified atom stereocenters. The monoisotopic (exact) mass is 483 g/mol. The van der Waals surface area contributed by atoms with Crippen molar-refractivity contribution >= 4 is 22.6 Å². The Hall–Kier alpha value is -4.26. The SMILES string of the molecule is O=C(NCc1ccnc(Oc2ccc(F)cc2)c1)C1CCN(C(=O)c2cccc3ccccc23)CC1. The van der Waals surface area contributed by atoms with E-state index in [0.29, 0.717) is 49.7 Å². The van der Waals surface area contributed by atoms with Crippen LogP contribution in [0.25, 0.3) is 10.8 Å². The van der Waals surface area contributed by atoms with E-state index in [1.54, 1.807) is 12.3 Å². The molecule has 0 saturated carbocycles. The second kappa shape index (κ2) is 10.6. The standard InChI is InChI=1S/C29H26FN3O3/c30-23-8-10-24(11-9-23)36-27-18-20(12-15-31-27)19-32-28(34)22-13-16-33(17-14-22)29(35)26-7-3-5-21-4-1-2-6-25(21)26/h1-12,15,18,22H,13-14,16-17,19H2,(H,32,34). The number of piperidine rings is 1. The largest absolute Gasteiger partial charge is 0.439 e. The first-order valence-electron chi connectivity index (χ1n) is 12.0. The Kier molecular flexibility index (Phi) is 6.89. The number of halogens is 1. The molecule has 182 valence electrons. The zero-order valence-electron chi connectivity index (χ0n) is 19.7. The fraction of sp³-hybridized carbons (Fsp3) is 0.207. The van der Waals surface area contributed by atoms with Gasteiger partial charge in [-0.2, -0.15) is 0 Å². The van der Waals surface area contributed by atoms with E-state index in [-0.39, 0.29) is 23.5 Å². The van der Waals surface area contributed by atoms with Crippen LogP contribution in [-0.4, -0.2) is 34.8 Å². The number of rotatable bonds is 6. The molecule has 1 aliphatic heterocycles. The first kappa shape index (κ1) is 23.5. The van der Waals surface area contributed by atoms with Crippen molar-refractivity contribution in [3.8, 4) is 11.6 Å². The molecule has 0 atom stereocenters. The van der Waals surface area contributed by atoms with Gasteiger partial charge in [0.05, 0.1) is 0 Å². The van der Waals surface area contributed by atoms with Crippen LogP contribution in [0, 0.1) is 11.7 Å². The van der Waals surface area contributed by atoms with Gasteiger partial charge >= 0.3 is 0 Å². The first-order chi connectivity index (χ1) is 17.6. The minimum atomic E-state index is -0.337. The predicted octanol–water partition coefficient (Wildman–Crippen LogP) is 5.33. The van der Waals surface area contributed by atoms with E-state index in [1.807, 2.05) is 53.4 Å². The molecule has 36 heavy (non-hydrogen) atoms. The molecule has 3 aromatic carbocycles. The van der Waals surface area contributed by atoms with E-state index in [1.165, 1.54) is 24.3 Å². The second-order valence-corrected chi connectivity index (χ2v) is 8.87. The van der Waals surface area contributed by atoms with Crippen molar-refractivity contribution in [2.24, 2.45) is 5.92 Å². The molecule has 2 amide bonds. The van der Waals surface area contributed by atoms with Gasteiger partial charge in [-0.15, -0.1) is 0 Å². The Balaban J connectivity index is 1.14. The van der Waals surface area contributed by atoms with Gasteiger partial charge in [0.2, 0.25) is 11.8 Å². The number of amides is 2. The van der Waals surface area contributed by atoms with Crippen LogP contribution < -0.4 is 10.1 Å². The lowest BCUT2D eigenvalue weighted by molar-refractivity contribution is -0.126. The molecule has 4 aromatic rings. The summed E-state index contributed by atoms with van der Waals surface area (Å²) in [5.41, 5.74) is 1.55. The molecule has 0 radical (unpaired) electrons. The number of nitrogens with one attached hydrogen (secondary N) is 1. The second-order valence-electron chi connectivity index (χ2n) is 8.87. The summed E-state index contributed by atoms with van der Waals surface area (Å²) < 4.78 is 18.8. The molecule has 0 aliphatic carbocycles. The molecular weight excluding hydrogens is 457 g/mol. The molecule has 1 saturated heterocycles. The Morgan fingerprint density at radius 1 is 0.972 bits per heavy atom. The molecule has 1 fully saturated rings. The van der Waals surface area contributed by atoms with E-state index in [2.05, 4.69) is 10.3 Å². The number of ether oxygens (including phenoxy) is 1. The molecule has 0 bridgehead atoms. The van der Waals surface area contributed by atoms with Crippen LogP contribution in [0.5, 0.6) is 11.6 Å². The van der Waals surface area contributed by atoms with Gasteiger partial charge in [0, 0.05) is 43.4 Å². The van der Waals surface area contributed by atoms with E-state index in [0.717, 1.165) is 16.3 Å². The molecule has 5 rings (SSSR count). The smallest absolute Gasteiger partial charge is 0.254 e. The van der Waals surface area contributed by atoms with Gasteiger partial charge < -0.3 is 15.0 Å². The zero-order valence-corrected chi connectivity index (χ0v) is 19.7. The quantitative estimate of drug-likeness (QED) is 0.402. The summed E-state index contributed by atoms with van der Waals surface area (Å²) in [6, 6.07) is 22.9. The number of benzene rings is 3. The highest BCUT2D eigenvalue weighted by molar-refractivity contribution is 6.07. The van der Waals surface area contributed by atoms with Gasteiger partial charge in [0.1, 0.15) is 11.6 Å². The maximum atomic E-state index is 13.2. The van der Waals surface area contributed by atoms with Crippen LogP contribution in [-0.2, 0) is 11.3 Å². The topological polar surface area (TPSA) is 71.5 Å². The molecule has 6 nitrogen and oxygen atoms in total. The van der Waals surface area contributed by atoms with Crippen molar-refractivity contribution in [2.75, 3.05) is 13.1 Å². The van der Waals surface area contributed by atoms with Crippen LogP contribution in [0.1, 0.15) is 28.8 Å². The Morgan fingerprint density at radius 2 is 1.72 bits per heavy atom. The van der Waals surface area contributed by atoms with Crippen molar-refractivity contribution < 1.29 is 18.7 Å². The predicted molar refractivity (Wildman–Crippen MR) is 135 cm³/mol. The summed E-state index contributed by atoms with van der Waals surface area (Å²) in [6.07, 6.45) is 2.85. The van der Waals surface area contributed by atoms with Crippen molar-refractivity contribution in [1.29, 1.82) is 0 Å². The molecule has 1 N–H and O–H groups in total. The number of aromatic nitrogens is 1. The van der Waals surface area contributed by atoms with E-state index in [4.69, 9.17) is 4.74 Å². The fourth-order valence-corrected chi connectivity index (χ4v) is 4.50. The third-order valence-electron chi connectivity index (χ3n) is 6.48. The summed E-state index contributed by atoms with van der Waals surface area (Å²) in [6.45, 7) is 1.44. The van der Waals surface area contributed by atoms with Crippen molar-refractivity contribution in [3.05, 3.63) is 102 Å². The van der Waals surface area contributed by atoms with E-state index >= 15 is 0 Å². The Labute approximate surface area is 208 Å². The zero-order chi connectivity index (χ0) is 24.9. The fourth-order valence-electron chi connectivity index (χ4n) is 4.50. The number of carbonyl (C=O) groups excluding carboxylic acids is 2. The number of fused-ring (bicyclic) bond motifs is 1. The Bertz CT molecular complexity index is 1380. The summed E-state index contributed by atoms with van der Waals surface area (Å²) in [5, 5.41) is 4.98. The van der Waals surface area contributed by atoms with Crippen LogP contribution >= 0.6 is 0 Å². The lowest BCUT2D eigenvalue weighted by Gasteiger charge is -2.31. The van der Waals surface area contributed by atoms with E-state index in [9.17, 15) is 14.0 Å². The lowest BCUT2D eigenvalue weighted by Crippen LogP contribution is -2.43. The van der Waals surface area contributed by atoms with Gasteiger partial charge in [0.25, 0.3) is 5.91 Å². The lowest BCUT2D eigenvalue weighted by atomic mass is 9.94. The van der Waals surface area contributed by atoms with Crippen molar-refractivity contribution in [1.82, 2.24) is 15.2 Å². The average Bonchev–Trinajstić information content (AvgIpc) is 2.92. The summed E-state index contributed by atoms with van der Waals surface area (Å²) in [4.78, 5) is 32.0. The third kappa shape index (κ3) is 5.35. The van der Waals surface area contributed by atoms with Gasteiger partial charge in [-0.25, -0.2) is 9.37 Å².